The minimum Gasteiger partial charge on any atom is -0.337 e. The molecule has 1 saturated heterocycles. The molecule has 2 unspecified atom stereocenters. The highest BCUT2D eigenvalue weighted by atomic mass is 16.2. The second kappa shape index (κ2) is 9.64. The number of carbonyl (C=O) groups is 2. The van der Waals surface area contributed by atoms with Crippen LogP contribution in [0.15, 0.2) is 48.8 Å². The van der Waals surface area contributed by atoms with Crippen LogP contribution in [0.1, 0.15) is 56.6 Å². The van der Waals surface area contributed by atoms with Crippen molar-refractivity contribution in [1.29, 1.82) is 0 Å². The highest BCUT2D eigenvalue weighted by Gasteiger charge is 2.37. The molecule has 0 spiro atoms. The number of amides is 2. The molecular weight excluding hydrogens is 412 g/mol. The molecule has 2 atom stereocenters. The molecule has 3 aliphatic rings. The summed E-state index contributed by atoms with van der Waals surface area (Å²) in [5.74, 6) is 0.874. The maximum atomic E-state index is 13.4. The molecule has 0 radical (unpaired) electrons. The molecule has 2 aromatic rings. The molecule has 2 fully saturated rings. The summed E-state index contributed by atoms with van der Waals surface area (Å²) in [6.07, 6.45) is 9.87. The summed E-state index contributed by atoms with van der Waals surface area (Å²) < 4.78 is 0. The van der Waals surface area contributed by atoms with Crippen molar-refractivity contribution in [2.45, 2.75) is 70.6 Å². The van der Waals surface area contributed by atoms with Gasteiger partial charge in [0.05, 0.1) is 0 Å². The number of carbonyl (C=O) groups excluding carboxylic acids is 2. The van der Waals surface area contributed by atoms with E-state index in [4.69, 9.17) is 0 Å². The van der Waals surface area contributed by atoms with Gasteiger partial charge in [-0.25, -0.2) is 0 Å². The molecule has 174 valence electrons. The highest BCUT2D eigenvalue weighted by molar-refractivity contribution is 5.92. The molecule has 33 heavy (non-hydrogen) atoms. The van der Waals surface area contributed by atoms with E-state index in [1.165, 1.54) is 18.4 Å². The van der Waals surface area contributed by atoms with E-state index in [9.17, 15) is 9.59 Å². The van der Waals surface area contributed by atoms with E-state index in [1.807, 2.05) is 41.6 Å². The lowest BCUT2D eigenvalue weighted by molar-refractivity contribution is -0.133. The van der Waals surface area contributed by atoms with Crippen molar-refractivity contribution < 1.29 is 9.59 Å². The van der Waals surface area contributed by atoms with Crippen molar-refractivity contribution in [2.24, 2.45) is 5.92 Å². The molecule has 1 aromatic heterocycles. The maximum absolute atomic E-state index is 13.4. The lowest BCUT2D eigenvalue weighted by Crippen LogP contribution is -2.45. The Labute approximate surface area is 196 Å². The summed E-state index contributed by atoms with van der Waals surface area (Å²) in [4.78, 5) is 36.9. The first-order valence-corrected chi connectivity index (χ1v) is 12.4. The third-order valence-electron chi connectivity index (χ3n) is 7.51. The van der Waals surface area contributed by atoms with Gasteiger partial charge in [0, 0.05) is 69.7 Å². The average molecular weight is 447 g/mol. The zero-order valence-electron chi connectivity index (χ0n) is 19.5. The summed E-state index contributed by atoms with van der Waals surface area (Å²) in [5, 5.41) is 0. The Kier molecular flexibility index (Phi) is 6.45. The third-order valence-corrected chi connectivity index (χ3v) is 7.51. The molecule has 2 amide bonds. The average Bonchev–Trinajstić information content (AvgIpc) is 3.55. The van der Waals surface area contributed by atoms with E-state index in [2.05, 4.69) is 26.9 Å². The van der Waals surface area contributed by atoms with Crippen LogP contribution in [0.3, 0.4) is 0 Å². The van der Waals surface area contributed by atoms with Gasteiger partial charge in [0.15, 0.2) is 0 Å². The maximum Gasteiger partial charge on any atom is 0.223 e. The molecule has 1 aliphatic carbocycles. The van der Waals surface area contributed by atoms with E-state index >= 15 is 0 Å². The van der Waals surface area contributed by atoms with Gasteiger partial charge in [-0.15, -0.1) is 0 Å². The molecule has 1 saturated carbocycles. The van der Waals surface area contributed by atoms with Gasteiger partial charge in [0.1, 0.15) is 0 Å². The number of benzene rings is 1. The van der Waals surface area contributed by atoms with Crippen LogP contribution in [0, 0.1) is 5.92 Å². The first kappa shape index (κ1) is 22.1. The Morgan fingerprint density at radius 2 is 1.82 bits per heavy atom. The molecular formula is C27H34N4O2. The van der Waals surface area contributed by atoms with Gasteiger partial charge in [-0.2, -0.15) is 0 Å². The quantitative estimate of drug-likeness (QED) is 0.712. The van der Waals surface area contributed by atoms with E-state index in [0.29, 0.717) is 37.5 Å². The van der Waals surface area contributed by atoms with Gasteiger partial charge in [0.25, 0.3) is 0 Å². The molecule has 0 N–H and O–H groups in total. The molecule has 5 rings (SSSR count). The minimum absolute atomic E-state index is 0.0610. The summed E-state index contributed by atoms with van der Waals surface area (Å²) in [6, 6.07) is 13.0. The van der Waals surface area contributed by atoms with Crippen molar-refractivity contribution in [2.75, 3.05) is 18.0 Å². The molecule has 2 bridgehead atoms. The van der Waals surface area contributed by atoms with Crippen molar-refractivity contribution >= 4 is 17.5 Å². The Hall–Kier alpha value is -2.73. The van der Waals surface area contributed by atoms with Crippen LogP contribution in [-0.4, -0.2) is 51.8 Å². The number of hydrogen-bond donors (Lipinski definition) is 0. The summed E-state index contributed by atoms with van der Waals surface area (Å²) in [7, 11) is 0. The molecule has 3 heterocycles. The standard InChI is InChI=1S/C27H34N4O2/c1-20(32)30-14-12-24-10-11-25(31(24)17-22-5-4-13-28-16-22)19-29(27(33)15-21-8-9-21)18-23-6-2-3-7-26(23)30/h2-7,13,16,21,24-25H,8-12,14-15,17-19H2,1H3. The van der Waals surface area contributed by atoms with Gasteiger partial charge in [-0.3, -0.25) is 19.5 Å². The van der Waals surface area contributed by atoms with Crippen molar-refractivity contribution in [3.05, 3.63) is 59.9 Å². The number of pyridine rings is 1. The zero-order chi connectivity index (χ0) is 22.8. The van der Waals surface area contributed by atoms with Crippen molar-refractivity contribution in [1.82, 2.24) is 14.8 Å². The topological polar surface area (TPSA) is 56.8 Å². The fourth-order valence-corrected chi connectivity index (χ4v) is 5.53. The third kappa shape index (κ3) is 5.11. The van der Waals surface area contributed by atoms with Gasteiger partial charge in [0.2, 0.25) is 11.8 Å². The molecule has 1 aromatic carbocycles. The number of fused-ring (bicyclic) bond motifs is 3. The van der Waals surface area contributed by atoms with Crippen LogP contribution in [0.2, 0.25) is 0 Å². The normalized spacial score (nSPS) is 23.7. The number of anilines is 1. The number of para-hydroxylation sites is 1. The Bertz CT molecular complexity index is 991. The second-order valence-electron chi connectivity index (χ2n) is 9.93. The number of rotatable bonds is 4. The monoisotopic (exact) mass is 446 g/mol. The zero-order valence-corrected chi connectivity index (χ0v) is 19.5. The number of nitrogens with zero attached hydrogens (tertiary/aromatic N) is 4. The smallest absolute Gasteiger partial charge is 0.223 e. The Morgan fingerprint density at radius 1 is 1.00 bits per heavy atom. The predicted octanol–water partition coefficient (Wildman–Crippen LogP) is 4.00. The first-order chi connectivity index (χ1) is 16.1. The van der Waals surface area contributed by atoms with E-state index in [0.717, 1.165) is 43.6 Å². The Balaban J connectivity index is 1.48. The highest BCUT2D eigenvalue weighted by Crippen LogP contribution is 2.35. The van der Waals surface area contributed by atoms with Gasteiger partial charge < -0.3 is 9.80 Å². The fraction of sp³-hybridized carbons (Fsp3) is 0.519. The van der Waals surface area contributed by atoms with Crippen LogP contribution < -0.4 is 4.90 Å². The molecule has 2 aliphatic heterocycles. The summed E-state index contributed by atoms with van der Waals surface area (Å²) in [5.41, 5.74) is 3.21. The van der Waals surface area contributed by atoms with Gasteiger partial charge >= 0.3 is 0 Å². The number of hydrogen-bond acceptors (Lipinski definition) is 4. The van der Waals surface area contributed by atoms with Gasteiger partial charge in [-0.05, 0) is 61.3 Å². The summed E-state index contributed by atoms with van der Waals surface area (Å²) >= 11 is 0. The first-order valence-electron chi connectivity index (χ1n) is 12.4. The fourth-order valence-electron chi connectivity index (χ4n) is 5.53. The molecule has 6 heteroatoms. The Morgan fingerprint density at radius 3 is 2.58 bits per heavy atom. The van der Waals surface area contributed by atoms with Crippen LogP contribution in [0.25, 0.3) is 0 Å². The lowest BCUT2D eigenvalue weighted by Gasteiger charge is -2.34. The molecule has 6 nitrogen and oxygen atoms in total. The number of aromatic nitrogens is 1. The SMILES string of the molecule is CC(=O)N1CCC2CCC(CN(C(=O)CC3CC3)Cc3ccccc31)N2Cc1cccnc1. The van der Waals surface area contributed by atoms with E-state index in [-0.39, 0.29) is 11.8 Å². The van der Waals surface area contributed by atoms with Crippen LogP contribution in [-0.2, 0) is 22.7 Å². The van der Waals surface area contributed by atoms with E-state index in [1.54, 1.807) is 6.92 Å². The van der Waals surface area contributed by atoms with Crippen LogP contribution in [0.4, 0.5) is 5.69 Å². The van der Waals surface area contributed by atoms with Gasteiger partial charge in [-0.1, -0.05) is 24.3 Å². The predicted molar refractivity (Wildman–Crippen MR) is 128 cm³/mol. The van der Waals surface area contributed by atoms with Crippen LogP contribution in [0.5, 0.6) is 0 Å². The van der Waals surface area contributed by atoms with Crippen molar-refractivity contribution in [3.63, 3.8) is 0 Å². The van der Waals surface area contributed by atoms with E-state index < -0.39 is 0 Å². The van der Waals surface area contributed by atoms with Crippen LogP contribution >= 0.6 is 0 Å². The largest absolute Gasteiger partial charge is 0.337 e. The lowest BCUT2D eigenvalue weighted by atomic mass is 10.1. The summed E-state index contributed by atoms with van der Waals surface area (Å²) in [6.45, 7) is 4.49. The minimum atomic E-state index is 0.0610. The second-order valence-corrected chi connectivity index (χ2v) is 9.93. The van der Waals surface area contributed by atoms with Crippen molar-refractivity contribution in [3.8, 4) is 0 Å².